The maximum Gasteiger partial charge on any atom is 0.407 e. The number of rotatable bonds is 27. The van der Waals surface area contributed by atoms with E-state index in [0.29, 0.717) is 22.4 Å². The number of ether oxygens (including phenoxy) is 11. The number of benzene rings is 1. The molecule has 1 aromatic carbocycles. The van der Waals surface area contributed by atoms with Crippen molar-refractivity contribution in [1.29, 1.82) is 0 Å². The van der Waals surface area contributed by atoms with Crippen molar-refractivity contribution in [3.8, 4) is 0 Å². The molecule has 2 rings (SSSR count). The number of carbonyl (C=O) groups excluding carboxylic acids is 10. The number of hydroxylamine groups is 1. The smallest absolute Gasteiger partial charge is 0.407 e. The number of unbranched alkanes of at least 4 members (excludes halogenated alkanes) is 3. The summed E-state index contributed by atoms with van der Waals surface area (Å²) in [4.78, 5) is 126. The van der Waals surface area contributed by atoms with Gasteiger partial charge in [-0.2, -0.15) is 0 Å². The lowest BCUT2D eigenvalue weighted by Gasteiger charge is -2.46. The van der Waals surface area contributed by atoms with Gasteiger partial charge >= 0.3 is 53.8 Å². The van der Waals surface area contributed by atoms with Crippen molar-refractivity contribution in [3.63, 3.8) is 0 Å². The summed E-state index contributed by atoms with van der Waals surface area (Å²) in [5, 5.41) is 18.4. The minimum Gasteiger partial charge on any atom is -0.623 e. The largest absolute Gasteiger partial charge is 0.623 e. The Kier molecular flexibility index (Phi) is 25.6. The number of esters is 8. The highest BCUT2D eigenvalue weighted by Crippen LogP contribution is 2.33. The first-order valence-corrected chi connectivity index (χ1v) is 22.9. The van der Waals surface area contributed by atoms with E-state index in [2.05, 4.69) is 17.6 Å². The molecule has 2 N–H and O–H groups in total. The Morgan fingerprint density at radius 3 is 1.78 bits per heavy atom. The van der Waals surface area contributed by atoms with Crippen LogP contribution in [0.5, 0.6) is 0 Å². The summed E-state index contributed by atoms with van der Waals surface area (Å²) in [5.41, 5.74) is -0.315. The molecule has 1 heterocycles. The average molecular weight is 1030 g/mol. The molecule has 2 amide bonds. The van der Waals surface area contributed by atoms with Crippen LogP contribution in [0.4, 0.5) is 4.79 Å². The molecule has 25 heteroatoms. The summed E-state index contributed by atoms with van der Waals surface area (Å²) < 4.78 is 61.5. The summed E-state index contributed by atoms with van der Waals surface area (Å²) in [6, 6.07) is 6.19. The van der Waals surface area contributed by atoms with Crippen molar-refractivity contribution in [1.82, 2.24) is 10.6 Å². The molecule has 0 bridgehead atoms. The van der Waals surface area contributed by atoms with Gasteiger partial charge in [0.15, 0.2) is 49.6 Å². The number of amides is 2. The minimum absolute atomic E-state index is 0.227. The van der Waals surface area contributed by atoms with Gasteiger partial charge in [-0.05, 0) is 24.1 Å². The molecular formula is C47H67N3O22. The van der Waals surface area contributed by atoms with Crippen LogP contribution in [0.25, 0.3) is 0 Å². The molecule has 1 aliphatic heterocycles. The number of nitrogens with zero attached hydrogens (tertiary/aromatic N) is 1. The Morgan fingerprint density at radius 2 is 1.24 bits per heavy atom. The van der Waals surface area contributed by atoms with Crippen molar-refractivity contribution in [2.75, 3.05) is 26.4 Å². The third-order valence-electron chi connectivity index (χ3n) is 10.0. The van der Waals surface area contributed by atoms with E-state index < -0.39 is 134 Å². The Bertz CT molecular complexity index is 2070. The first-order valence-electron chi connectivity index (χ1n) is 22.9. The first kappa shape index (κ1) is 61.2. The van der Waals surface area contributed by atoms with Crippen molar-refractivity contribution in [3.05, 3.63) is 40.6 Å². The van der Waals surface area contributed by atoms with Crippen LogP contribution in [-0.4, -0.2) is 158 Å². The SMILES string of the molecule is CCCCCCNC(=O)OCC(C)(C)/[N+]([O-])=C/c1ccc(CNC(=O)[C@H](OC(C)=O)[C@@H](OC(C)=O)[C@H](O[C@@H]2O[C@H](COC(C)=O)[C@H](OC(C)=O)[C@H](OC(C)=O)[C@H]2OC(C)=O)[C@@H](COC(C)=O)OC(C)=O)cc1. The lowest BCUT2D eigenvalue weighted by molar-refractivity contribution is -0.539. The zero-order chi connectivity index (χ0) is 54.3. The van der Waals surface area contributed by atoms with Crippen LogP contribution < -0.4 is 10.6 Å². The number of nitrogens with one attached hydrogen (secondary N) is 2. The average Bonchev–Trinajstić information content (AvgIpc) is 3.27. The summed E-state index contributed by atoms with van der Waals surface area (Å²) in [7, 11) is 0. The fourth-order valence-electron chi connectivity index (χ4n) is 6.80. The van der Waals surface area contributed by atoms with Crippen LogP contribution in [0.1, 0.15) is 113 Å². The Balaban J connectivity index is 2.64. The van der Waals surface area contributed by atoms with Gasteiger partial charge in [0, 0.05) is 87.9 Å². The van der Waals surface area contributed by atoms with Crippen LogP contribution in [0, 0.1) is 5.21 Å². The second kappa shape index (κ2) is 30.1. The molecular weight excluding hydrogens is 959 g/mol. The Morgan fingerprint density at radius 1 is 0.667 bits per heavy atom. The standard InChI is InChI=1S/C47H67N3O22/c1-12-13-14-15-20-48-46(60)64-25-47(10,11)50(61)22-35-18-16-34(17-19-35)21-49-44(59)42(69-32(8)57)40(67-30(6)55)39(36(65-28(4)53)23-62-26(2)51)72-45-43(70-33(9)58)41(68-31(7)56)38(66-29(5)54)37(71-45)24-63-27(3)52/h16-19,22,36-43,45H,12-15,20-21,23-25H2,1-11H3,(H,48,60)(H,49,59)/b50-22-/t36-,37-,38+,39-,40+,41+,42-,43-,45+/m1/s1. The molecule has 0 saturated carbocycles. The summed E-state index contributed by atoms with van der Waals surface area (Å²) in [5.74, 6) is -9.21. The summed E-state index contributed by atoms with van der Waals surface area (Å²) in [6.45, 7) is 11.3. The zero-order valence-corrected chi connectivity index (χ0v) is 42.4. The number of hydrogen-bond acceptors (Lipinski definition) is 22. The van der Waals surface area contributed by atoms with Gasteiger partial charge in [0.1, 0.15) is 25.4 Å². The predicted octanol–water partition coefficient (Wildman–Crippen LogP) is 2.14. The van der Waals surface area contributed by atoms with E-state index in [0.717, 1.165) is 81.1 Å². The highest BCUT2D eigenvalue weighted by atomic mass is 16.8. The molecule has 72 heavy (non-hydrogen) atoms. The lowest BCUT2D eigenvalue weighted by atomic mass is 9.97. The second-order valence-corrected chi connectivity index (χ2v) is 17.0. The van der Waals surface area contributed by atoms with E-state index in [9.17, 15) is 53.2 Å². The van der Waals surface area contributed by atoms with Gasteiger partial charge in [-0.1, -0.05) is 38.3 Å². The molecule has 1 aromatic rings. The van der Waals surface area contributed by atoms with Gasteiger partial charge in [-0.25, -0.2) is 9.53 Å². The first-order chi connectivity index (χ1) is 33.7. The molecule has 25 nitrogen and oxygen atoms in total. The molecule has 0 aromatic heterocycles. The van der Waals surface area contributed by atoms with Crippen LogP contribution in [-0.2, 0) is 102 Å². The van der Waals surface area contributed by atoms with E-state index in [1.807, 2.05) is 0 Å². The van der Waals surface area contributed by atoms with Gasteiger partial charge in [0.05, 0.1) is 0 Å². The highest BCUT2D eigenvalue weighted by molar-refractivity contribution is 5.84. The molecule has 1 fully saturated rings. The van der Waals surface area contributed by atoms with Crippen molar-refractivity contribution >= 4 is 66.0 Å². The van der Waals surface area contributed by atoms with Crippen molar-refractivity contribution in [2.45, 2.75) is 169 Å². The normalized spacial score (nSPS) is 19.3. The highest BCUT2D eigenvalue weighted by Gasteiger charge is 2.56. The predicted molar refractivity (Wildman–Crippen MR) is 245 cm³/mol. The summed E-state index contributed by atoms with van der Waals surface area (Å²) >= 11 is 0. The second-order valence-electron chi connectivity index (χ2n) is 17.0. The zero-order valence-electron chi connectivity index (χ0n) is 42.4. The maximum atomic E-state index is 14.3. The Hall–Kier alpha value is -6.89. The molecule has 402 valence electrons. The molecule has 0 aliphatic carbocycles. The monoisotopic (exact) mass is 1030 g/mol. The number of carbonyl (C=O) groups is 10. The maximum absolute atomic E-state index is 14.3. The molecule has 1 saturated heterocycles. The van der Waals surface area contributed by atoms with E-state index in [1.54, 1.807) is 38.1 Å². The van der Waals surface area contributed by atoms with Crippen LogP contribution in [0.15, 0.2) is 24.3 Å². The van der Waals surface area contributed by atoms with E-state index in [4.69, 9.17) is 52.1 Å². The number of alkyl carbamates (subject to hydrolysis) is 1. The molecule has 1 aliphatic rings. The minimum atomic E-state index is -2.20. The molecule has 0 spiro atoms. The van der Waals surface area contributed by atoms with Gasteiger partial charge in [-0.3, -0.25) is 43.2 Å². The van der Waals surface area contributed by atoms with Crippen LogP contribution >= 0.6 is 0 Å². The van der Waals surface area contributed by atoms with Crippen LogP contribution in [0.3, 0.4) is 0 Å². The van der Waals surface area contributed by atoms with E-state index >= 15 is 0 Å². The van der Waals surface area contributed by atoms with E-state index in [-0.39, 0.29) is 13.2 Å². The fraction of sp³-hybridized carbons (Fsp3) is 0.638. The van der Waals surface area contributed by atoms with Gasteiger partial charge in [0.2, 0.25) is 11.6 Å². The van der Waals surface area contributed by atoms with Crippen molar-refractivity contribution in [2.24, 2.45) is 0 Å². The lowest BCUT2D eigenvalue weighted by Crippen LogP contribution is -2.65. The van der Waals surface area contributed by atoms with Gasteiger partial charge in [-0.15, -0.1) is 0 Å². The van der Waals surface area contributed by atoms with E-state index in [1.165, 1.54) is 6.21 Å². The fourth-order valence-corrected chi connectivity index (χ4v) is 6.80. The third-order valence-corrected chi connectivity index (χ3v) is 10.0. The third kappa shape index (κ3) is 22.0. The Labute approximate surface area is 416 Å². The number of hydrogen-bond donors (Lipinski definition) is 2. The molecule has 0 radical (unpaired) electrons. The van der Waals surface area contributed by atoms with Gasteiger partial charge < -0.3 is 67.9 Å². The quantitative estimate of drug-likeness (QED) is 0.0242. The molecule has 0 unspecified atom stereocenters. The van der Waals surface area contributed by atoms with Crippen molar-refractivity contribution < 1.29 is 105 Å². The van der Waals surface area contributed by atoms with Crippen LogP contribution in [0.2, 0.25) is 0 Å². The topological polar surface area (TPSA) is 322 Å². The molecule has 9 atom stereocenters. The summed E-state index contributed by atoms with van der Waals surface area (Å²) in [6.07, 6.45) is -13.0. The van der Waals surface area contributed by atoms with Gasteiger partial charge in [0.25, 0.3) is 5.91 Å².